The molecule has 1 aromatic rings. The van der Waals surface area contributed by atoms with Crippen molar-refractivity contribution in [2.45, 2.75) is 12.8 Å². The predicted octanol–water partition coefficient (Wildman–Crippen LogP) is 0.357. The highest BCUT2D eigenvalue weighted by Gasteiger charge is 2.29. The van der Waals surface area contributed by atoms with Crippen molar-refractivity contribution in [3.63, 3.8) is 0 Å². The fourth-order valence-electron chi connectivity index (χ4n) is 2.09. The SMILES string of the molecule is Cn1cncc1C(=O)N1CCC[C@H](C(=O)O)C1. The Kier molecular flexibility index (Phi) is 3.12. The number of nitrogens with zero attached hydrogens (tertiary/aromatic N) is 3. The van der Waals surface area contributed by atoms with Gasteiger partial charge < -0.3 is 14.6 Å². The Morgan fingerprint density at radius 1 is 1.53 bits per heavy atom. The van der Waals surface area contributed by atoms with E-state index in [-0.39, 0.29) is 5.91 Å². The minimum absolute atomic E-state index is 0.143. The molecule has 1 N–H and O–H groups in total. The van der Waals surface area contributed by atoms with E-state index < -0.39 is 11.9 Å². The van der Waals surface area contributed by atoms with Crippen LogP contribution in [0.4, 0.5) is 0 Å². The number of hydrogen-bond acceptors (Lipinski definition) is 3. The van der Waals surface area contributed by atoms with Gasteiger partial charge in [0.25, 0.3) is 5.91 Å². The molecule has 6 heteroatoms. The third kappa shape index (κ3) is 2.30. The molecule has 2 heterocycles. The van der Waals surface area contributed by atoms with E-state index in [0.717, 1.165) is 6.42 Å². The van der Waals surface area contributed by atoms with Gasteiger partial charge >= 0.3 is 5.97 Å². The monoisotopic (exact) mass is 237 g/mol. The van der Waals surface area contributed by atoms with Crippen molar-refractivity contribution in [3.8, 4) is 0 Å². The molecule has 1 aliphatic heterocycles. The molecule has 0 aliphatic carbocycles. The maximum absolute atomic E-state index is 12.1. The molecule has 1 aliphatic rings. The quantitative estimate of drug-likeness (QED) is 0.805. The van der Waals surface area contributed by atoms with E-state index in [1.807, 2.05) is 0 Å². The lowest BCUT2D eigenvalue weighted by Gasteiger charge is -2.30. The maximum Gasteiger partial charge on any atom is 0.308 e. The van der Waals surface area contributed by atoms with Gasteiger partial charge in [0, 0.05) is 20.1 Å². The maximum atomic E-state index is 12.1. The van der Waals surface area contributed by atoms with Crippen molar-refractivity contribution in [1.82, 2.24) is 14.5 Å². The summed E-state index contributed by atoms with van der Waals surface area (Å²) in [5.74, 6) is -1.41. The molecule has 2 rings (SSSR count). The van der Waals surface area contributed by atoms with E-state index in [9.17, 15) is 9.59 Å². The Morgan fingerprint density at radius 2 is 2.29 bits per heavy atom. The van der Waals surface area contributed by atoms with Crippen LogP contribution in [0.25, 0.3) is 0 Å². The second kappa shape index (κ2) is 4.57. The number of aliphatic carboxylic acids is 1. The molecular weight excluding hydrogens is 222 g/mol. The van der Waals surface area contributed by atoms with Gasteiger partial charge in [0.15, 0.2) is 0 Å². The van der Waals surface area contributed by atoms with Crippen LogP contribution in [0.5, 0.6) is 0 Å². The number of imidazole rings is 1. The number of amides is 1. The number of rotatable bonds is 2. The van der Waals surface area contributed by atoms with Crippen molar-refractivity contribution in [1.29, 1.82) is 0 Å². The molecule has 1 aromatic heterocycles. The number of hydrogen-bond donors (Lipinski definition) is 1. The first-order valence-corrected chi connectivity index (χ1v) is 5.58. The highest BCUT2D eigenvalue weighted by Crippen LogP contribution is 2.18. The summed E-state index contributed by atoms with van der Waals surface area (Å²) in [6.07, 6.45) is 4.45. The number of aryl methyl sites for hydroxylation is 1. The third-order valence-corrected chi connectivity index (χ3v) is 3.09. The van der Waals surface area contributed by atoms with Crippen LogP contribution in [-0.4, -0.2) is 44.5 Å². The first-order chi connectivity index (χ1) is 8.09. The van der Waals surface area contributed by atoms with Gasteiger partial charge in [0.05, 0.1) is 18.4 Å². The Balaban J connectivity index is 2.10. The van der Waals surface area contributed by atoms with Crippen molar-refractivity contribution in [2.24, 2.45) is 13.0 Å². The lowest BCUT2D eigenvalue weighted by atomic mass is 9.98. The summed E-state index contributed by atoms with van der Waals surface area (Å²) >= 11 is 0. The molecule has 0 radical (unpaired) electrons. The van der Waals surface area contributed by atoms with Gasteiger partial charge in [0.2, 0.25) is 0 Å². The second-order valence-electron chi connectivity index (χ2n) is 4.32. The van der Waals surface area contributed by atoms with E-state index in [1.165, 1.54) is 6.20 Å². The molecule has 0 spiro atoms. The first kappa shape index (κ1) is 11.6. The van der Waals surface area contributed by atoms with E-state index in [1.54, 1.807) is 22.8 Å². The molecule has 1 atom stereocenters. The number of carboxylic acid groups (broad SMARTS) is 1. The topological polar surface area (TPSA) is 75.4 Å². The molecular formula is C11H15N3O3. The standard InChI is InChI=1S/C11H15N3O3/c1-13-7-12-5-9(13)10(15)14-4-2-3-8(6-14)11(16)17/h5,7-8H,2-4,6H2,1H3,(H,16,17)/t8-/m0/s1. The first-order valence-electron chi connectivity index (χ1n) is 5.58. The lowest BCUT2D eigenvalue weighted by molar-refractivity contribution is -0.143. The van der Waals surface area contributed by atoms with E-state index in [2.05, 4.69) is 4.98 Å². The van der Waals surface area contributed by atoms with E-state index in [0.29, 0.717) is 25.2 Å². The van der Waals surface area contributed by atoms with Gasteiger partial charge in [0.1, 0.15) is 5.69 Å². The molecule has 92 valence electrons. The largest absolute Gasteiger partial charge is 0.481 e. The summed E-state index contributed by atoms with van der Waals surface area (Å²) in [5.41, 5.74) is 0.496. The van der Waals surface area contributed by atoms with Crippen LogP contribution in [0.2, 0.25) is 0 Å². The highest BCUT2D eigenvalue weighted by molar-refractivity contribution is 5.92. The number of likely N-dealkylation sites (tertiary alicyclic amines) is 1. The summed E-state index contributed by atoms with van der Waals surface area (Å²) in [4.78, 5) is 28.5. The molecule has 1 amide bonds. The van der Waals surface area contributed by atoms with E-state index >= 15 is 0 Å². The highest BCUT2D eigenvalue weighted by atomic mass is 16.4. The van der Waals surface area contributed by atoms with Gasteiger partial charge in [-0.3, -0.25) is 9.59 Å². The molecule has 0 saturated carbocycles. The molecule has 0 aromatic carbocycles. The molecule has 1 fully saturated rings. The third-order valence-electron chi connectivity index (χ3n) is 3.09. The fourth-order valence-corrected chi connectivity index (χ4v) is 2.09. The summed E-state index contributed by atoms with van der Waals surface area (Å²) in [6, 6.07) is 0. The molecule has 17 heavy (non-hydrogen) atoms. The average molecular weight is 237 g/mol. The average Bonchev–Trinajstić information content (AvgIpc) is 2.74. The van der Waals surface area contributed by atoms with Gasteiger partial charge in [-0.05, 0) is 12.8 Å². The van der Waals surface area contributed by atoms with Crippen LogP contribution < -0.4 is 0 Å². The Morgan fingerprint density at radius 3 is 2.88 bits per heavy atom. The zero-order valence-electron chi connectivity index (χ0n) is 9.67. The second-order valence-corrected chi connectivity index (χ2v) is 4.32. The number of carboxylic acids is 1. The Bertz CT molecular complexity index is 441. The number of aromatic nitrogens is 2. The normalized spacial score (nSPS) is 20.3. The fraction of sp³-hybridized carbons (Fsp3) is 0.545. The molecule has 0 bridgehead atoms. The number of piperidine rings is 1. The van der Waals surface area contributed by atoms with Crippen molar-refractivity contribution >= 4 is 11.9 Å². The summed E-state index contributed by atoms with van der Waals surface area (Å²) in [6.45, 7) is 0.910. The van der Waals surface area contributed by atoms with Crippen LogP contribution in [0.1, 0.15) is 23.3 Å². The number of carbonyl (C=O) groups excluding carboxylic acids is 1. The Hall–Kier alpha value is -1.85. The summed E-state index contributed by atoms with van der Waals surface area (Å²) < 4.78 is 1.65. The van der Waals surface area contributed by atoms with Gasteiger partial charge in [-0.2, -0.15) is 0 Å². The minimum atomic E-state index is -0.826. The van der Waals surface area contributed by atoms with Crippen molar-refractivity contribution in [2.75, 3.05) is 13.1 Å². The van der Waals surface area contributed by atoms with Crippen molar-refractivity contribution < 1.29 is 14.7 Å². The van der Waals surface area contributed by atoms with Crippen LogP contribution in [0.3, 0.4) is 0 Å². The summed E-state index contributed by atoms with van der Waals surface area (Å²) in [7, 11) is 1.75. The lowest BCUT2D eigenvalue weighted by Crippen LogP contribution is -2.42. The zero-order valence-corrected chi connectivity index (χ0v) is 9.67. The smallest absolute Gasteiger partial charge is 0.308 e. The van der Waals surface area contributed by atoms with Gasteiger partial charge in [-0.1, -0.05) is 0 Å². The van der Waals surface area contributed by atoms with E-state index in [4.69, 9.17) is 5.11 Å². The van der Waals surface area contributed by atoms with Crippen LogP contribution in [0, 0.1) is 5.92 Å². The van der Waals surface area contributed by atoms with Gasteiger partial charge in [-0.25, -0.2) is 4.98 Å². The predicted molar refractivity (Wildman–Crippen MR) is 59.5 cm³/mol. The molecule has 0 unspecified atom stereocenters. The molecule has 1 saturated heterocycles. The van der Waals surface area contributed by atoms with Crippen LogP contribution in [-0.2, 0) is 11.8 Å². The Labute approximate surface area is 98.9 Å². The van der Waals surface area contributed by atoms with Crippen LogP contribution >= 0.6 is 0 Å². The minimum Gasteiger partial charge on any atom is -0.481 e. The summed E-state index contributed by atoms with van der Waals surface area (Å²) in [5, 5.41) is 8.97. The van der Waals surface area contributed by atoms with Crippen molar-refractivity contribution in [3.05, 3.63) is 18.2 Å². The zero-order chi connectivity index (χ0) is 12.4. The van der Waals surface area contributed by atoms with Crippen LogP contribution in [0.15, 0.2) is 12.5 Å². The van der Waals surface area contributed by atoms with Gasteiger partial charge in [-0.15, -0.1) is 0 Å². The molecule has 6 nitrogen and oxygen atoms in total. The number of carbonyl (C=O) groups is 2.